The van der Waals surface area contributed by atoms with Crippen LogP contribution in [0.4, 0.5) is 0 Å². The Labute approximate surface area is 473 Å². The van der Waals surface area contributed by atoms with Crippen molar-refractivity contribution in [2.75, 3.05) is 0 Å². The number of fused-ring (bicyclic) bond motifs is 16. The largest absolute Gasteiger partial charge is 0.354 e. The van der Waals surface area contributed by atoms with Crippen LogP contribution in [0.1, 0.15) is 221 Å². The Morgan fingerprint density at radius 1 is 0.338 bits per heavy atom. The lowest BCUT2D eigenvalue weighted by molar-refractivity contribution is 1.14. The lowest BCUT2D eigenvalue weighted by atomic mass is 9.97. The lowest BCUT2D eigenvalue weighted by Gasteiger charge is -2.04. The van der Waals surface area contributed by atoms with Crippen molar-refractivity contribution in [2.24, 2.45) is 0 Å². The van der Waals surface area contributed by atoms with Crippen molar-refractivity contribution >= 4 is 88.7 Å². The van der Waals surface area contributed by atoms with E-state index < -0.39 is 0 Å². The molecule has 0 spiro atoms. The highest BCUT2D eigenvalue weighted by atomic mass is 14.8. The first-order chi connectivity index (χ1) is 38.6. The van der Waals surface area contributed by atoms with Gasteiger partial charge in [0, 0.05) is 22.1 Å². The van der Waals surface area contributed by atoms with Gasteiger partial charge in [0.25, 0.3) is 0 Å². The van der Waals surface area contributed by atoms with E-state index in [4.69, 9.17) is 32.8 Å². The molecule has 0 radical (unpaired) electrons. The highest BCUT2D eigenvalue weighted by Crippen LogP contribution is 2.42. The molecule has 402 valence electrons. The van der Waals surface area contributed by atoms with Gasteiger partial charge in [-0.05, 0) is 244 Å². The smallest absolute Gasteiger partial charge is 0.0848 e. The number of hydrogen-bond acceptors (Lipinski definition) is 4. The number of terminal acetylenes is 2. The van der Waals surface area contributed by atoms with E-state index in [0.29, 0.717) is 0 Å². The first-order valence-electron chi connectivity index (χ1n) is 28.9. The summed E-state index contributed by atoms with van der Waals surface area (Å²) >= 11 is 0. The Kier molecular flexibility index (Phi) is 14.8. The minimum absolute atomic E-state index is 0.750. The molecule has 6 aromatic heterocycles. The maximum absolute atomic E-state index is 6.45. The minimum atomic E-state index is 0.750. The van der Waals surface area contributed by atoms with Crippen molar-refractivity contribution in [3.63, 3.8) is 0 Å². The van der Waals surface area contributed by atoms with Gasteiger partial charge in [-0.1, -0.05) is 67.2 Å². The van der Waals surface area contributed by atoms with Gasteiger partial charge in [-0.15, -0.1) is 12.8 Å². The van der Waals surface area contributed by atoms with E-state index in [2.05, 4.69) is 191 Å². The molecule has 4 N–H and O–H groups in total. The van der Waals surface area contributed by atoms with Gasteiger partial charge < -0.3 is 19.9 Å². The zero-order valence-electron chi connectivity index (χ0n) is 49.9. The summed E-state index contributed by atoms with van der Waals surface area (Å²) in [6, 6.07) is 8.82. The van der Waals surface area contributed by atoms with Gasteiger partial charge in [-0.25, -0.2) is 19.9 Å². The molecule has 0 aromatic carbocycles. The quantitative estimate of drug-likeness (QED) is 0.114. The third-order valence-electron chi connectivity index (χ3n) is 17.7. The van der Waals surface area contributed by atoms with Crippen LogP contribution in [-0.4, -0.2) is 39.9 Å². The SMILES string of the molecule is C#Cc1c2[nH]c(cc3nc(c(C#CC#Cc4c5nc(cc6[nH]c(c(C)c6CC)c(C#C)c6[nH]c(cc7nc4C(C)=C7CC)c(CC)c6C)C(CC)=C5C)c4nc(cc5[nH]c1c(C)c5CC)C(CC)=C4C)C(C)=C3CC)c(CC)c2C. The van der Waals surface area contributed by atoms with E-state index in [1.165, 1.54) is 22.3 Å². The first kappa shape index (κ1) is 54.8. The number of nitrogens with zero attached hydrogens (tertiary/aromatic N) is 4. The highest BCUT2D eigenvalue weighted by molar-refractivity contribution is 6.01. The van der Waals surface area contributed by atoms with Gasteiger partial charge in [0.05, 0.1) is 89.9 Å². The number of aryl methyl sites for hydroxylation is 8. The van der Waals surface area contributed by atoms with Gasteiger partial charge in [0.15, 0.2) is 0 Å². The van der Waals surface area contributed by atoms with Gasteiger partial charge in [-0.2, -0.15) is 0 Å². The molecule has 0 saturated heterocycles. The van der Waals surface area contributed by atoms with E-state index in [1.54, 1.807) is 0 Å². The van der Waals surface area contributed by atoms with Crippen LogP contribution in [0.5, 0.6) is 0 Å². The molecule has 8 nitrogen and oxygen atoms in total. The van der Waals surface area contributed by atoms with Crippen LogP contribution in [0, 0.1) is 76.1 Å². The van der Waals surface area contributed by atoms with E-state index in [-0.39, 0.29) is 0 Å². The second-order valence-corrected chi connectivity index (χ2v) is 21.6. The summed E-state index contributed by atoms with van der Waals surface area (Å²) in [6.45, 7) is 35.0. The van der Waals surface area contributed by atoms with Crippen molar-refractivity contribution in [2.45, 2.75) is 162 Å². The maximum Gasteiger partial charge on any atom is 0.0848 e. The van der Waals surface area contributed by atoms with Crippen LogP contribution in [0.25, 0.3) is 88.7 Å². The van der Waals surface area contributed by atoms with Crippen molar-refractivity contribution in [3.05, 3.63) is 137 Å². The zero-order valence-corrected chi connectivity index (χ0v) is 49.9. The molecule has 8 heteroatoms. The average molecular weight is 1050 g/mol. The molecular weight excluding hydrogens is 977 g/mol. The second-order valence-electron chi connectivity index (χ2n) is 21.6. The van der Waals surface area contributed by atoms with E-state index in [1.807, 2.05) is 0 Å². The van der Waals surface area contributed by atoms with E-state index >= 15 is 0 Å². The van der Waals surface area contributed by atoms with Crippen molar-refractivity contribution in [1.29, 1.82) is 0 Å². The van der Waals surface area contributed by atoms with Crippen LogP contribution in [0.2, 0.25) is 0 Å². The molecule has 0 atom stereocenters. The summed E-state index contributed by atoms with van der Waals surface area (Å²) < 4.78 is 0. The number of rotatable bonds is 8. The fraction of sp³-hybridized carbons (Fsp3) is 0.333. The lowest BCUT2D eigenvalue weighted by Crippen LogP contribution is -1.94. The monoisotopic (exact) mass is 1050 g/mol. The van der Waals surface area contributed by atoms with Gasteiger partial charge in [-0.3, -0.25) is 0 Å². The topological polar surface area (TPSA) is 115 Å². The van der Waals surface area contributed by atoms with Gasteiger partial charge in [0.1, 0.15) is 0 Å². The molecular formula is C72H74N8. The molecule has 10 rings (SSSR count). The molecule has 0 amide bonds. The Morgan fingerprint density at radius 3 is 0.750 bits per heavy atom. The van der Waals surface area contributed by atoms with E-state index in [0.717, 1.165) is 230 Å². The van der Waals surface area contributed by atoms with Crippen molar-refractivity contribution < 1.29 is 0 Å². The molecule has 16 bridgehead atoms. The number of H-pyrrole nitrogens is 4. The summed E-state index contributed by atoms with van der Waals surface area (Å²) in [5.41, 5.74) is 36.2. The first-order valence-corrected chi connectivity index (χ1v) is 28.9. The third-order valence-corrected chi connectivity index (χ3v) is 17.7. The van der Waals surface area contributed by atoms with Crippen molar-refractivity contribution in [3.8, 4) is 48.4 Å². The summed E-state index contributed by atoms with van der Waals surface area (Å²) in [5.74, 6) is 20.3. The molecule has 0 saturated carbocycles. The van der Waals surface area contributed by atoms with Gasteiger partial charge in [0.2, 0.25) is 0 Å². The molecule has 4 aliphatic rings. The number of nitrogens with one attached hydrogen (secondary N) is 4. The molecule has 80 heavy (non-hydrogen) atoms. The standard InChI is InChI=1S/C72H74N8/c1-19-45-37(11)65-53(27-9)66-38(12)46(20-2)58(74-66)34-62-50(24-6)42(16)70(78-62)55(69-41(15)49(23-5)61(77-69)33-57(45)73-65)31-29-30-32-56-71-43(17)51(25-7)63(79-71)35-59-47(21-3)39(13)67(75-59)54(28-10)68-40(14)48(22-4)60(76-68)36-64-52(26-8)44(18)72(56)80-64/h9-10,33-36,73-76H,19-26H2,1-8,11-18H3. The van der Waals surface area contributed by atoms with E-state index in [9.17, 15) is 0 Å². The summed E-state index contributed by atoms with van der Waals surface area (Å²) in [6.07, 6.45) is 19.3. The Balaban J connectivity index is 1.33. The number of hydrogen-bond donors (Lipinski definition) is 4. The molecule has 4 aliphatic heterocycles. The predicted octanol–water partition coefficient (Wildman–Crippen LogP) is 17.2. The van der Waals surface area contributed by atoms with Crippen LogP contribution >= 0.6 is 0 Å². The normalized spacial score (nSPS) is 13.2. The Hall–Kier alpha value is -8.56. The zero-order chi connectivity index (χ0) is 57.2. The molecule has 0 aliphatic carbocycles. The second kappa shape index (κ2) is 21.6. The number of allylic oxidation sites excluding steroid dienone is 8. The van der Waals surface area contributed by atoms with Crippen LogP contribution in [0.15, 0.2) is 24.3 Å². The van der Waals surface area contributed by atoms with Crippen LogP contribution in [0.3, 0.4) is 0 Å². The third kappa shape index (κ3) is 8.60. The summed E-state index contributed by atoms with van der Waals surface area (Å²) in [5, 5.41) is 0. The maximum atomic E-state index is 6.45. The minimum Gasteiger partial charge on any atom is -0.354 e. The Bertz CT molecular complexity index is 3910. The number of aromatic amines is 4. The fourth-order valence-electron chi connectivity index (χ4n) is 13.3. The number of aromatic nitrogens is 8. The predicted molar refractivity (Wildman–Crippen MR) is 339 cm³/mol. The molecule has 0 fully saturated rings. The Morgan fingerprint density at radius 2 is 0.562 bits per heavy atom. The fourth-order valence-corrected chi connectivity index (χ4v) is 13.3. The highest BCUT2D eigenvalue weighted by Gasteiger charge is 2.28. The van der Waals surface area contributed by atoms with Crippen LogP contribution < -0.4 is 0 Å². The molecule has 10 heterocycles. The van der Waals surface area contributed by atoms with Crippen LogP contribution in [-0.2, 0) is 25.7 Å². The molecule has 0 unspecified atom stereocenters. The average Bonchev–Trinajstić information content (AvgIpc) is 4.47. The summed E-state index contributed by atoms with van der Waals surface area (Å²) in [7, 11) is 0. The van der Waals surface area contributed by atoms with Crippen molar-refractivity contribution in [1.82, 2.24) is 39.9 Å². The van der Waals surface area contributed by atoms with Gasteiger partial charge >= 0.3 is 0 Å². The molecule has 6 aromatic rings. The summed E-state index contributed by atoms with van der Waals surface area (Å²) in [4.78, 5) is 37.3.